The van der Waals surface area contributed by atoms with E-state index in [0.717, 1.165) is 11.1 Å². The first-order valence-corrected chi connectivity index (χ1v) is 7.70. The van der Waals surface area contributed by atoms with Crippen LogP contribution in [0, 0.1) is 6.92 Å². The van der Waals surface area contributed by atoms with Crippen molar-refractivity contribution < 1.29 is 8.42 Å². The molecule has 0 bridgehead atoms. The second kappa shape index (κ2) is 5.78. The Morgan fingerprint density at radius 1 is 1.30 bits per heavy atom. The monoisotopic (exact) mass is 311 g/mol. The molecule has 0 fully saturated rings. The van der Waals surface area contributed by atoms with Crippen molar-refractivity contribution in [3.05, 3.63) is 52.8 Å². The highest BCUT2D eigenvalue weighted by atomic mass is 35.5. The first-order valence-electron chi connectivity index (χ1n) is 5.84. The predicted molar refractivity (Wildman–Crippen MR) is 78.9 cm³/mol. The molecule has 0 unspecified atom stereocenters. The summed E-state index contributed by atoms with van der Waals surface area (Å²) < 4.78 is 26.9. The summed E-state index contributed by atoms with van der Waals surface area (Å²) in [6, 6.07) is 6.37. The van der Waals surface area contributed by atoms with Crippen LogP contribution < -0.4 is 10.5 Å². The molecule has 3 N–H and O–H groups in total. The number of pyridine rings is 1. The van der Waals surface area contributed by atoms with Gasteiger partial charge in [-0.1, -0.05) is 11.6 Å². The molecule has 2 rings (SSSR count). The third-order valence-electron chi connectivity index (χ3n) is 2.83. The fourth-order valence-corrected chi connectivity index (χ4v) is 3.26. The number of hydrogen-bond acceptors (Lipinski definition) is 4. The topological polar surface area (TPSA) is 85.1 Å². The number of nitrogens with zero attached hydrogens (tertiary/aromatic N) is 1. The van der Waals surface area contributed by atoms with Crippen molar-refractivity contribution in [1.82, 2.24) is 9.71 Å². The lowest BCUT2D eigenvalue weighted by molar-refractivity contribution is 0.581. The number of nitrogen functional groups attached to an aromatic ring is 1. The zero-order valence-corrected chi connectivity index (χ0v) is 12.4. The highest BCUT2D eigenvalue weighted by Gasteiger charge is 2.18. The van der Waals surface area contributed by atoms with E-state index >= 15 is 0 Å². The molecule has 1 aromatic heterocycles. The van der Waals surface area contributed by atoms with Gasteiger partial charge in [0.25, 0.3) is 0 Å². The Morgan fingerprint density at radius 2 is 1.95 bits per heavy atom. The average molecular weight is 312 g/mol. The standard InChI is InChI=1S/C13H14ClN3O2S/c1-9-6-11(14)13(7-12(9)15)20(18,19)17-8-10-2-4-16-5-3-10/h2-7,17H,8,15H2,1H3. The van der Waals surface area contributed by atoms with Crippen molar-refractivity contribution >= 4 is 27.3 Å². The molecular formula is C13H14ClN3O2S. The SMILES string of the molecule is Cc1cc(Cl)c(S(=O)(=O)NCc2ccncc2)cc1N. The number of aromatic nitrogens is 1. The van der Waals surface area contributed by atoms with E-state index in [1.165, 1.54) is 12.1 Å². The average Bonchev–Trinajstić information content (AvgIpc) is 2.42. The Hall–Kier alpha value is -1.63. The van der Waals surface area contributed by atoms with Crippen molar-refractivity contribution in [3.8, 4) is 0 Å². The summed E-state index contributed by atoms with van der Waals surface area (Å²) in [4.78, 5) is 3.85. The van der Waals surface area contributed by atoms with Gasteiger partial charge in [-0.3, -0.25) is 4.98 Å². The molecule has 0 spiro atoms. The van der Waals surface area contributed by atoms with Crippen LogP contribution in [0.25, 0.3) is 0 Å². The summed E-state index contributed by atoms with van der Waals surface area (Å²) >= 11 is 5.98. The van der Waals surface area contributed by atoms with Crippen LogP contribution >= 0.6 is 11.6 Å². The van der Waals surface area contributed by atoms with Gasteiger partial charge >= 0.3 is 0 Å². The van der Waals surface area contributed by atoms with Crippen molar-refractivity contribution in [2.24, 2.45) is 0 Å². The molecule has 1 aromatic carbocycles. The van der Waals surface area contributed by atoms with Crippen LogP contribution in [-0.2, 0) is 16.6 Å². The lowest BCUT2D eigenvalue weighted by Gasteiger charge is -2.10. The van der Waals surface area contributed by atoms with Gasteiger partial charge in [-0.25, -0.2) is 13.1 Å². The maximum atomic E-state index is 12.2. The second-order valence-corrected chi connectivity index (χ2v) is 6.46. The van der Waals surface area contributed by atoms with Gasteiger partial charge in [0.15, 0.2) is 0 Å². The van der Waals surface area contributed by atoms with Crippen LogP contribution in [0.5, 0.6) is 0 Å². The van der Waals surface area contributed by atoms with E-state index < -0.39 is 10.0 Å². The first-order chi connectivity index (χ1) is 9.40. The minimum atomic E-state index is -3.71. The number of nitrogens with two attached hydrogens (primary N) is 1. The number of halogens is 1. The Bertz CT molecular complexity index is 718. The summed E-state index contributed by atoms with van der Waals surface area (Å²) in [7, 11) is -3.71. The summed E-state index contributed by atoms with van der Waals surface area (Å²) in [6.07, 6.45) is 3.20. The van der Waals surface area contributed by atoms with Gasteiger partial charge in [-0.2, -0.15) is 0 Å². The van der Waals surface area contributed by atoms with Gasteiger partial charge in [-0.15, -0.1) is 0 Å². The smallest absolute Gasteiger partial charge is 0.242 e. The molecule has 0 saturated carbocycles. The maximum absolute atomic E-state index is 12.2. The molecule has 0 aliphatic rings. The fourth-order valence-electron chi connectivity index (χ4n) is 1.63. The van der Waals surface area contributed by atoms with E-state index in [0.29, 0.717) is 5.69 Å². The number of rotatable bonds is 4. The maximum Gasteiger partial charge on any atom is 0.242 e. The highest BCUT2D eigenvalue weighted by Crippen LogP contribution is 2.26. The summed E-state index contributed by atoms with van der Waals surface area (Å²) in [6.45, 7) is 1.93. The molecule has 5 nitrogen and oxygen atoms in total. The molecule has 0 atom stereocenters. The zero-order valence-electron chi connectivity index (χ0n) is 10.8. The van der Waals surface area contributed by atoms with E-state index in [-0.39, 0.29) is 16.5 Å². The van der Waals surface area contributed by atoms with Crippen LogP contribution in [-0.4, -0.2) is 13.4 Å². The third-order valence-corrected chi connectivity index (χ3v) is 4.69. The minimum Gasteiger partial charge on any atom is -0.398 e. The van der Waals surface area contributed by atoms with Crippen molar-refractivity contribution in [2.45, 2.75) is 18.4 Å². The highest BCUT2D eigenvalue weighted by molar-refractivity contribution is 7.89. The zero-order chi connectivity index (χ0) is 14.8. The number of aryl methyl sites for hydroxylation is 1. The van der Waals surface area contributed by atoms with Crippen LogP contribution in [0.3, 0.4) is 0 Å². The van der Waals surface area contributed by atoms with Gasteiger partial charge < -0.3 is 5.73 Å². The van der Waals surface area contributed by atoms with E-state index in [1.54, 1.807) is 31.5 Å². The van der Waals surface area contributed by atoms with Gasteiger partial charge in [0.1, 0.15) is 4.90 Å². The molecular weight excluding hydrogens is 298 g/mol. The number of hydrogen-bond donors (Lipinski definition) is 2. The van der Waals surface area contributed by atoms with Gasteiger partial charge in [0, 0.05) is 24.6 Å². The number of nitrogens with one attached hydrogen (secondary N) is 1. The van der Waals surface area contributed by atoms with Crippen molar-refractivity contribution in [3.63, 3.8) is 0 Å². The Labute approximate surface area is 122 Å². The fraction of sp³-hybridized carbons (Fsp3) is 0.154. The second-order valence-electron chi connectivity index (χ2n) is 4.32. The molecule has 20 heavy (non-hydrogen) atoms. The number of benzene rings is 1. The van der Waals surface area contributed by atoms with E-state index in [9.17, 15) is 8.42 Å². The largest absolute Gasteiger partial charge is 0.398 e. The summed E-state index contributed by atoms with van der Waals surface area (Å²) in [5, 5.41) is 0.152. The lowest BCUT2D eigenvalue weighted by Crippen LogP contribution is -2.23. The van der Waals surface area contributed by atoms with E-state index in [4.69, 9.17) is 17.3 Å². The number of anilines is 1. The molecule has 0 aliphatic carbocycles. The Morgan fingerprint density at radius 3 is 2.60 bits per heavy atom. The molecule has 0 amide bonds. The summed E-state index contributed by atoms with van der Waals surface area (Å²) in [5.74, 6) is 0. The molecule has 1 heterocycles. The van der Waals surface area contributed by atoms with Crippen molar-refractivity contribution in [2.75, 3.05) is 5.73 Å². The molecule has 0 radical (unpaired) electrons. The van der Waals surface area contributed by atoms with Crippen LogP contribution in [0.2, 0.25) is 5.02 Å². The third kappa shape index (κ3) is 3.27. The van der Waals surface area contributed by atoms with Crippen molar-refractivity contribution in [1.29, 1.82) is 0 Å². The van der Waals surface area contributed by atoms with E-state index in [1.807, 2.05) is 0 Å². The van der Waals surface area contributed by atoms with Crippen LogP contribution in [0.4, 0.5) is 5.69 Å². The Balaban J connectivity index is 2.25. The first kappa shape index (κ1) is 14.8. The normalized spacial score (nSPS) is 11.5. The molecule has 7 heteroatoms. The lowest BCUT2D eigenvalue weighted by atomic mass is 10.2. The number of sulfonamides is 1. The Kier molecular flexibility index (Phi) is 4.27. The quantitative estimate of drug-likeness (QED) is 0.847. The van der Waals surface area contributed by atoms with E-state index in [2.05, 4.69) is 9.71 Å². The van der Waals surface area contributed by atoms with Gasteiger partial charge in [0.05, 0.1) is 5.02 Å². The molecule has 0 saturated heterocycles. The minimum absolute atomic E-state index is 0.0173. The molecule has 0 aliphatic heterocycles. The molecule has 2 aromatic rings. The summed E-state index contributed by atoms with van der Waals surface area (Å²) in [5.41, 5.74) is 7.67. The molecule has 106 valence electrons. The van der Waals surface area contributed by atoms with Gasteiger partial charge in [0.2, 0.25) is 10.0 Å². The van der Waals surface area contributed by atoms with Crippen LogP contribution in [0.15, 0.2) is 41.6 Å². The van der Waals surface area contributed by atoms with Crippen LogP contribution in [0.1, 0.15) is 11.1 Å². The predicted octanol–water partition coefficient (Wildman–Crippen LogP) is 2.10. The van der Waals surface area contributed by atoms with Gasteiger partial charge in [-0.05, 0) is 42.3 Å².